The molecule has 0 aromatic heterocycles. The Bertz CT molecular complexity index is 1410. The molecule has 0 radical (unpaired) electrons. The van der Waals surface area contributed by atoms with Crippen molar-refractivity contribution < 1.29 is 28.2 Å². The average molecular weight is 494 g/mol. The largest absolute Gasteiger partial charge is 0.478 e. The van der Waals surface area contributed by atoms with Gasteiger partial charge in [0.2, 0.25) is 10.0 Å². The van der Waals surface area contributed by atoms with E-state index < -0.39 is 27.5 Å². The summed E-state index contributed by atoms with van der Waals surface area (Å²) in [7, 11) is -2.75. The van der Waals surface area contributed by atoms with Crippen LogP contribution in [0.3, 0.4) is 0 Å². The normalized spacial score (nSPS) is 13.0. The molecule has 3 aromatic rings. The van der Waals surface area contributed by atoms with Crippen molar-refractivity contribution in [1.82, 2.24) is 4.31 Å². The van der Waals surface area contributed by atoms with Crippen molar-refractivity contribution in [3.8, 4) is 6.07 Å². The molecular formula is C25H23N3O6S. The number of amides is 1. The van der Waals surface area contributed by atoms with Crippen molar-refractivity contribution in [2.24, 2.45) is 0 Å². The minimum Gasteiger partial charge on any atom is -0.478 e. The highest BCUT2D eigenvalue weighted by atomic mass is 32.2. The summed E-state index contributed by atoms with van der Waals surface area (Å²) in [6.07, 6.45) is 0. The average Bonchev–Trinajstić information content (AvgIpc) is 2.84. The molecule has 0 saturated carbocycles. The maximum Gasteiger partial charge on any atom is 0.337 e. The summed E-state index contributed by atoms with van der Waals surface area (Å²) >= 11 is 0. The van der Waals surface area contributed by atoms with Gasteiger partial charge in [-0.05, 0) is 48.9 Å². The first-order valence-electron chi connectivity index (χ1n) is 10.4. The first-order valence-corrected chi connectivity index (χ1v) is 11.8. The zero-order valence-corrected chi connectivity index (χ0v) is 19.8. The number of aliphatic hydroxyl groups is 1. The lowest BCUT2D eigenvalue weighted by Gasteiger charge is -2.29. The summed E-state index contributed by atoms with van der Waals surface area (Å²) in [6.45, 7) is 1.28. The molecule has 180 valence electrons. The van der Waals surface area contributed by atoms with Gasteiger partial charge in [-0.25, -0.2) is 13.2 Å². The van der Waals surface area contributed by atoms with Crippen LogP contribution in [0.1, 0.15) is 38.8 Å². The van der Waals surface area contributed by atoms with E-state index in [1.54, 1.807) is 30.3 Å². The van der Waals surface area contributed by atoms with E-state index in [1.165, 1.54) is 50.4 Å². The van der Waals surface area contributed by atoms with Crippen molar-refractivity contribution in [2.75, 3.05) is 18.9 Å². The number of hydrogen-bond donors (Lipinski definition) is 3. The molecule has 0 saturated heterocycles. The van der Waals surface area contributed by atoms with Crippen LogP contribution in [0.5, 0.6) is 0 Å². The SMILES string of the molecule is CN(CC(C)(O)c1ccccc1)S(=O)(=O)c1cccc(C(=O)Nc2ccc(C#N)cc2C(=O)O)c1. The number of carbonyl (C=O) groups excluding carboxylic acids is 1. The molecule has 1 unspecified atom stereocenters. The van der Waals surface area contributed by atoms with Crippen LogP contribution in [0, 0.1) is 11.3 Å². The number of nitrogens with one attached hydrogen (secondary N) is 1. The van der Waals surface area contributed by atoms with Crippen molar-refractivity contribution >= 4 is 27.6 Å². The van der Waals surface area contributed by atoms with Gasteiger partial charge in [0.25, 0.3) is 5.91 Å². The van der Waals surface area contributed by atoms with Crippen LogP contribution in [-0.4, -0.2) is 48.4 Å². The highest BCUT2D eigenvalue weighted by Gasteiger charge is 2.31. The molecule has 9 nitrogen and oxygen atoms in total. The second-order valence-electron chi connectivity index (χ2n) is 8.06. The topological polar surface area (TPSA) is 148 Å². The molecule has 0 bridgehead atoms. The van der Waals surface area contributed by atoms with Gasteiger partial charge in [-0.3, -0.25) is 4.79 Å². The molecule has 10 heteroatoms. The zero-order chi connectivity index (χ0) is 25.8. The smallest absolute Gasteiger partial charge is 0.337 e. The predicted octanol–water partition coefficient (Wildman–Crippen LogP) is 3.04. The lowest BCUT2D eigenvalue weighted by atomic mass is 9.96. The van der Waals surface area contributed by atoms with Gasteiger partial charge in [0.1, 0.15) is 5.60 Å². The first kappa shape index (κ1) is 25.6. The van der Waals surface area contributed by atoms with Crippen molar-refractivity contribution in [2.45, 2.75) is 17.4 Å². The molecule has 3 rings (SSSR count). The van der Waals surface area contributed by atoms with E-state index in [1.807, 2.05) is 6.07 Å². The molecule has 0 fully saturated rings. The fourth-order valence-corrected chi connectivity index (χ4v) is 4.79. The summed E-state index contributed by atoms with van der Waals surface area (Å²) in [5.74, 6) is -2.06. The van der Waals surface area contributed by atoms with Crippen molar-refractivity contribution in [1.29, 1.82) is 5.26 Å². The Morgan fingerprint density at radius 3 is 2.37 bits per heavy atom. The van der Waals surface area contributed by atoms with Gasteiger partial charge in [-0.15, -0.1) is 0 Å². The molecule has 0 heterocycles. The van der Waals surface area contributed by atoms with Gasteiger partial charge >= 0.3 is 5.97 Å². The summed E-state index contributed by atoms with van der Waals surface area (Å²) in [5, 5.41) is 31.7. The van der Waals surface area contributed by atoms with Gasteiger partial charge in [0.15, 0.2) is 0 Å². The number of nitrogens with zero attached hydrogens (tertiary/aromatic N) is 2. The van der Waals surface area contributed by atoms with Gasteiger partial charge in [0.05, 0.1) is 27.8 Å². The molecule has 0 aliphatic heterocycles. The number of hydrogen-bond acceptors (Lipinski definition) is 6. The summed E-state index contributed by atoms with van der Waals surface area (Å²) in [5.41, 5.74) is -1.12. The minimum absolute atomic E-state index is 0.0185. The van der Waals surface area contributed by atoms with Crippen LogP contribution < -0.4 is 5.32 Å². The number of carboxylic acids is 1. The number of nitriles is 1. The van der Waals surface area contributed by atoms with Gasteiger partial charge < -0.3 is 15.5 Å². The lowest BCUT2D eigenvalue weighted by Crippen LogP contribution is -2.40. The number of anilines is 1. The second kappa shape index (κ2) is 10.1. The van der Waals surface area contributed by atoms with Gasteiger partial charge in [0, 0.05) is 19.2 Å². The van der Waals surface area contributed by atoms with E-state index in [0.717, 1.165) is 10.4 Å². The number of carbonyl (C=O) groups is 2. The highest BCUT2D eigenvalue weighted by molar-refractivity contribution is 7.89. The van der Waals surface area contributed by atoms with Crippen LogP contribution in [0.15, 0.2) is 77.7 Å². The third kappa shape index (κ3) is 5.73. The third-order valence-corrected chi connectivity index (χ3v) is 7.16. The number of carboxylic acid groups (broad SMARTS) is 1. The molecule has 0 aliphatic carbocycles. The molecule has 0 spiro atoms. The maximum absolute atomic E-state index is 13.2. The Labute approximate surface area is 202 Å². The Hall–Kier alpha value is -4.04. The Morgan fingerprint density at radius 1 is 1.06 bits per heavy atom. The molecule has 0 aliphatic rings. The number of rotatable bonds is 8. The minimum atomic E-state index is -4.08. The Morgan fingerprint density at radius 2 is 1.74 bits per heavy atom. The van der Waals surface area contributed by atoms with Crippen LogP contribution in [0.2, 0.25) is 0 Å². The first-order chi connectivity index (χ1) is 16.5. The fourth-order valence-electron chi connectivity index (χ4n) is 3.48. The fraction of sp³-hybridized carbons (Fsp3) is 0.160. The van der Waals surface area contributed by atoms with Gasteiger partial charge in [-0.2, -0.15) is 9.57 Å². The molecule has 35 heavy (non-hydrogen) atoms. The van der Waals surface area contributed by atoms with E-state index in [2.05, 4.69) is 5.32 Å². The quantitative estimate of drug-likeness (QED) is 0.437. The maximum atomic E-state index is 13.2. The van der Waals surface area contributed by atoms with E-state index in [4.69, 9.17) is 5.26 Å². The number of aromatic carboxylic acids is 1. The van der Waals surface area contributed by atoms with Crippen molar-refractivity contribution in [3.05, 3.63) is 95.1 Å². The van der Waals surface area contributed by atoms with Crippen LogP contribution >= 0.6 is 0 Å². The highest BCUT2D eigenvalue weighted by Crippen LogP contribution is 2.25. The van der Waals surface area contributed by atoms with Crippen LogP contribution in [0.4, 0.5) is 5.69 Å². The third-order valence-electron chi connectivity index (χ3n) is 5.36. The van der Waals surface area contributed by atoms with Crippen molar-refractivity contribution in [3.63, 3.8) is 0 Å². The van der Waals surface area contributed by atoms with E-state index >= 15 is 0 Å². The zero-order valence-electron chi connectivity index (χ0n) is 19.0. The molecular weight excluding hydrogens is 470 g/mol. The standard InChI is InChI=1S/C25H23N3O6S/c1-25(32,19-8-4-3-5-9-19)16-28(2)35(33,34)20-10-6-7-18(14-20)23(29)27-22-12-11-17(15-26)13-21(22)24(30)31/h3-14,32H,16H2,1-2H3,(H,27,29)(H,30,31). The number of benzene rings is 3. The molecule has 3 aromatic carbocycles. The Balaban J connectivity index is 1.85. The predicted molar refractivity (Wildman–Crippen MR) is 128 cm³/mol. The second-order valence-corrected chi connectivity index (χ2v) is 10.1. The van der Waals surface area contributed by atoms with E-state index in [-0.39, 0.29) is 33.8 Å². The molecule has 3 N–H and O–H groups in total. The van der Waals surface area contributed by atoms with Crippen LogP contribution in [0.25, 0.3) is 0 Å². The number of likely N-dealkylation sites (N-methyl/N-ethyl adjacent to an activating group) is 1. The monoisotopic (exact) mass is 493 g/mol. The Kier molecular flexibility index (Phi) is 7.36. The molecule has 1 amide bonds. The van der Waals surface area contributed by atoms with E-state index in [0.29, 0.717) is 5.56 Å². The summed E-state index contributed by atoms with van der Waals surface area (Å²) in [6, 6.07) is 19.5. The summed E-state index contributed by atoms with van der Waals surface area (Å²) < 4.78 is 27.3. The van der Waals surface area contributed by atoms with Crippen LogP contribution in [-0.2, 0) is 15.6 Å². The molecule has 1 atom stereocenters. The lowest BCUT2D eigenvalue weighted by molar-refractivity contribution is 0.0416. The summed E-state index contributed by atoms with van der Waals surface area (Å²) in [4.78, 5) is 24.1. The van der Waals surface area contributed by atoms with Gasteiger partial charge in [-0.1, -0.05) is 36.4 Å². The van der Waals surface area contributed by atoms with E-state index in [9.17, 15) is 28.2 Å². The number of sulfonamides is 1.